The molecule has 92 valence electrons. The lowest BCUT2D eigenvalue weighted by molar-refractivity contribution is 0.636. The van der Waals surface area contributed by atoms with Gasteiger partial charge in [-0.05, 0) is 24.3 Å². The third-order valence-electron chi connectivity index (χ3n) is 2.71. The summed E-state index contributed by atoms with van der Waals surface area (Å²) < 4.78 is 2.19. The number of rotatable bonds is 5. The molecule has 0 radical (unpaired) electrons. The minimum absolute atomic E-state index is 0.340. The molecule has 4 heteroatoms. The maximum absolute atomic E-state index is 4.38. The molecule has 0 saturated heterocycles. The zero-order chi connectivity index (χ0) is 12.3. The van der Waals surface area contributed by atoms with Crippen LogP contribution in [0.2, 0.25) is 0 Å². The van der Waals surface area contributed by atoms with E-state index in [1.807, 2.05) is 12.4 Å². The molecule has 3 nitrogen and oxygen atoms in total. The SMILES string of the molecule is CC(C)CNc1nccn1C(C)c1cccs1. The van der Waals surface area contributed by atoms with Crippen molar-refractivity contribution in [2.75, 3.05) is 11.9 Å². The summed E-state index contributed by atoms with van der Waals surface area (Å²) in [6.45, 7) is 7.55. The molecule has 0 spiro atoms. The molecule has 2 aromatic rings. The highest BCUT2D eigenvalue weighted by Crippen LogP contribution is 2.25. The highest BCUT2D eigenvalue weighted by atomic mass is 32.1. The summed E-state index contributed by atoms with van der Waals surface area (Å²) in [7, 11) is 0. The van der Waals surface area contributed by atoms with Gasteiger partial charge >= 0.3 is 0 Å². The normalized spacial score (nSPS) is 12.9. The molecule has 1 N–H and O–H groups in total. The minimum atomic E-state index is 0.340. The molecule has 2 aromatic heterocycles. The zero-order valence-electron chi connectivity index (χ0n) is 10.6. The molecule has 1 unspecified atom stereocenters. The van der Waals surface area contributed by atoms with Crippen LogP contribution in [0.3, 0.4) is 0 Å². The molecule has 0 aliphatic carbocycles. The topological polar surface area (TPSA) is 29.9 Å². The van der Waals surface area contributed by atoms with Gasteiger partial charge in [-0.25, -0.2) is 4.98 Å². The number of thiophene rings is 1. The quantitative estimate of drug-likeness (QED) is 0.877. The van der Waals surface area contributed by atoms with E-state index in [9.17, 15) is 0 Å². The second-order valence-electron chi connectivity index (χ2n) is 4.62. The van der Waals surface area contributed by atoms with Gasteiger partial charge in [0.25, 0.3) is 0 Å². The Hall–Kier alpha value is -1.29. The van der Waals surface area contributed by atoms with Crippen LogP contribution in [0.15, 0.2) is 29.9 Å². The third-order valence-corrected chi connectivity index (χ3v) is 3.75. The molecule has 0 bridgehead atoms. The zero-order valence-corrected chi connectivity index (χ0v) is 11.4. The van der Waals surface area contributed by atoms with Crippen LogP contribution in [0.1, 0.15) is 31.7 Å². The van der Waals surface area contributed by atoms with Crippen LogP contribution in [0.5, 0.6) is 0 Å². The molecule has 0 amide bonds. The first kappa shape index (κ1) is 12.2. The fraction of sp³-hybridized carbons (Fsp3) is 0.462. The summed E-state index contributed by atoms with van der Waals surface area (Å²) >= 11 is 1.79. The lowest BCUT2D eigenvalue weighted by Gasteiger charge is -2.16. The van der Waals surface area contributed by atoms with Crippen molar-refractivity contribution in [1.29, 1.82) is 0 Å². The second-order valence-corrected chi connectivity index (χ2v) is 5.60. The fourth-order valence-electron chi connectivity index (χ4n) is 1.72. The standard InChI is InChI=1S/C13H19N3S/c1-10(2)9-15-13-14-6-7-16(13)11(3)12-5-4-8-17-12/h4-8,10-11H,9H2,1-3H3,(H,14,15). The van der Waals surface area contributed by atoms with Gasteiger partial charge in [0.05, 0.1) is 6.04 Å². The second kappa shape index (κ2) is 5.36. The molecule has 0 aliphatic heterocycles. The lowest BCUT2D eigenvalue weighted by atomic mass is 10.2. The van der Waals surface area contributed by atoms with Crippen LogP contribution in [0, 0.1) is 5.92 Å². The molecular formula is C13H19N3S. The predicted molar refractivity (Wildman–Crippen MR) is 73.7 cm³/mol. The van der Waals surface area contributed by atoms with Crippen molar-refractivity contribution in [3.8, 4) is 0 Å². The monoisotopic (exact) mass is 249 g/mol. The van der Waals surface area contributed by atoms with Crippen LogP contribution >= 0.6 is 11.3 Å². The maximum Gasteiger partial charge on any atom is 0.203 e. The predicted octanol–water partition coefficient (Wildman–Crippen LogP) is 3.62. The van der Waals surface area contributed by atoms with E-state index in [0.29, 0.717) is 12.0 Å². The van der Waals surface area contributed by atoms with Crippen molar-refractivity contribution < 1.29 is 0 Å². The van der Waals surface area contributed by atoms with Crippen LogP contribution < -0.4 is 5.32 Å². The highest BCUT2D eigenvalue weighted by molar-refractivity contribution is 7.10. The number of hydrogen-bond acceptors (Lipinski definition) is 3. The highest BCUT2D eigenvalue weighted by Gasteiger charge is 2.12. The van der Waals surface area contributed by atoms with Gasteiger partial charge in [-0.2, -0.15) is 0 Å². The Morgan fingerprint density at radius 3 is 2.88 bits per heavy atom. The molecule has 2 heterocycles. The van der Waals surface area contributed by atoms with E-state index in [0.717, 1.165) is 12.5 Å². The van der Waals surface area contributed by atoms with Gasteiger partial charge in [0.1, 0.15) is 0 Å². The Morgan fingerprint density at radius 1 is 1.41 bits per heavy atom. The van der Waals surface area contributed by atoms with Crippen molar-refractivity contribution in [3.63, 3.8) is 0 Å². The first-order valence-corrected chi connectivity index (χ1v) is 6.86. The Balaban J connectivity index is 2.13. The van der Waals surface area contributed by atoms with E-state index in [-0.39, 0.29) is 0 Å². The number of nitrogens with zero attached hydrogens (tertiary/aromatic N) is 2. The maximum atomic E-state index is 4.38. The van der Waals surface area contributed by atoms with Crippen molar-refractivity contribution in [1.82, 2.24) is 9.55 Å². The molecule has 1 atom stereocenters. The van der Waals surface area contributed by atoms with E-state index in [2.05, 4.69) is 53.2 Å². The number of aromatic nitrogens is 2. The Kier molecular flexibility index (Phi) is 3.84. The number of hydrogen-bond donors (Lipinski definition) is 1. The third kappa shape index (κ3) is 2.88. The summed E-state index contributed by atoms with van der Waals surface area (Å²) in [5, 5.41) is 5.51. The summed E-state index contributed by atoms with van der Waals surface area (Å²) in [5.41, 5.74) is 0. The number of nitrogens with one attached hydrogen (secondary N) is 1. The number of imidazole rings is 1. The molecule has 0 fully saturated rings. The van der Waals surface area contributed by atoms with E-state index < -0.39 is 0 Å². The molecule has 2 rings (SSSR count). The molecule has 0 aliphatic rings. The Morgan fingerprint density at radius 2 is 2.24 bits per heavy atom. The largest absolute Gasteiger partial charge is 0.355 e. The van der Waals surface area contributed by atoms with Crippen LogP contribution in [-0.2, 0) is 0 Å². The van der Waals surface area contributed by atoms with Crippen molar-refractivity contribution in [3.05, 3.63) is 34.8 Å². The van der Waals surface area contributed by atoms with E-state index in [1.54, 1.807) is 11.3 Å². The first-order valence-electron chi connectivity index (χ1n) is 5.98. The van der Waals surface area contributed by atoms with Crippen LogP contribution in [0.25, 0.3) is 0 Å². The number of anilines is 1. The Bertz CT molecular complexity index is 445. The van der Waals surface area contributed by atoms with Crippen LogP contribution in [-0.4, -0.2) is 16.1 Å². The van der Waals surface area contributed by atoms with Gasteiger partial charge in [0, 0.05) is 23.8 Å². The molecule has 0 aromatic carbocycles. The van der Waals surface area contributed by atoms with E-state index in [4.69, 9.17) is 0 Å². The lowest BCUT2D eigenvalue weighted by Crippen LogP contribution is -2.14. The van der Waals surface area contributed by atoms with Gasteiger partial charge < -0.3 is 9.88 Å². The van der Waals surface area contributed by atoms with Gasteiger partial charge in [-0.1, -0.05) is 19.9 Å². The van der Waals surface area contributed by atoms with Crippen LogP contribution in [0.4, 0.5) is 5.95 Å². The average molecular weight is 249 g/mol. The van der Waals surface area contributed by atoms with Gasteiger partial charge in [-0.3, -0.25) is 0 Å². The molecule has 0 saturated carbocycles. The van der Waals surface area contributed by atoms with E-state index in [1.165, 1.54) is 4.88 Å². The summed E-state index contributed by atoms with van der Waals surface area (Å²) in [6.07, 6.45) is 3.89. The molecular weight excluding hydrogens is 230 g/mol. The van der Waals surface area contributed by atoms with Gasteiger partial charge in [0.15, 0.2) is 0 Å². The fourth-order valence-corrected chi connectivity index (χ4v) is 2.51. The summed E-state index contributed by atoms with van der Waals surface area (Å²) in [6, 6.07) is 4.60. The van der Waals surface area contributed by atoms with Gasteiger partial charge in [-0.15, -0.1) is 11.3 Å². The van der Waals surface area contributed by atoms with Crippen molar-refractivity contribution in [2.45, 2.75) is 26.8 Å². The van der Waals surface area contributed by atoms with Gasteiger partial charge in [0.2, 0.25) is 5.95 Å². The summed E-state index contributed by atoms with van der Waals surface area (Å²) in [4.78, 5) is 5.73. The minimum Gasteiger partial charge on any atom is -0.355 e. The first-order chi connectivity index (χ1) is 8.18. The van der Waals surface area contributed by atoms with Crippen molar-refractivity contribution >= 4 is 17.3 Å². The van der Waals surface area contributed by atoms with Crippen molar-refractivity contribution in [2.24, 2.45) is 5.92 Å². The smallest absolute Gasteiger partial charge is 0.203 e. The Labute approximate surface area is 107 Å². The molecule has 17 heavy (non-hydrogen) atoms. The summed E-state index contributed by atoms with van der Waals surface area (Å²) in [5.74, 6) is 1.58. The van der Waals surface area contributed by atoms with E-state index >= 15 is 0 Å². The average Bonchev–Trinajstić information content (AvgIpc) is 2.96.